The van der Waals surface area contributed by atoms with Crippen molar-refractivity contribution in [1.82, 2.24) is 10.3 Å². The van der Waals surface area contributed by atoms with Crippen LogP contribution in [0.25, 0.3) is 0 Å². The van der Waals surface area contributed by atoms with Crippen molar-refractivity contribution in [2.45, 2.75) is 25.8 Å². The van der Waals surface area contributed by atoms with Crippen molar-refractivity contribution in [1.29, 1.82) is 0 Å². The van der Waals surface area contributed by atoms with E-state index < -0.39 is 0 Å². The SMILES string of the molecule is CCOc1cccc(N(C)CC2CCCN2)n1. The Balaban J connectivity index is 1.97. The zero-order valence-electron chi connectivity index (χ0n) is 10.6. The van der Waals surface area contributed by atoms with E-state index in [1.165, 1.54) is 12.8 Å². The Kier molecular flexibility index (Phi) is 4.20. The molecule has 1 saturated heterocycles. The Morgan fingerprint density at radius 3 is 3.12 bits per heavy atom. The maximum Gasteiger partial charge on any atom is 0.215 e. The van der Waals surface area contributed by atoms with E-state index in [4.69, 9.17) is 4.74 Å². The summed E-state index contributed by atoms with van der Waals surface area (Å²) in [5.74, 6) is 1.68. The molecule has 0 aliphatic carbocycles. The van der Waals surface area contributed by atoms with Gasteiger partial charge in [0.1, 0.15) is 5.82 Å². The van der Waals surface area contributed by atoms with Gasteiger partial charge in [0.25, 0.3) is 0 Å². The van der Waals surface area contributed by atoms with Crippen molar-refractivity contribution in [3.8, 4) is 5.88 Å². The van der Waals surface area contributed by atoms with Crippen LogP contribution in [0.15, 0.2) is 18.2 Å². The number of hydrogen-bond donors (Lipinski definition) is 1. The molecule has 1 aromatic rings. The fourth-order valence-corrected chi connectivity index (χ4v) is 2.18. The van der Waals surface area contributed by atoms with Crippen LogP contribution in [0.4, 0.5) is 5.82 Å². The predicted molar refractivity (Wildman–Crippen MR) is 69.7 cm³/mol. The molecule has 1 N–H and O–H groups in total. The summed E-state index contributed by atoms with van der Waals surface area (Å²) < 4.78 is 5.41. The molecular weight excluding hydrogens is 214 g/mol. The lowest BCUT2D eigenvalue weighted by molar-refractivity contribution is 0.327. The summed E-state index contributed by atoms with van der Waals surface area (Å²) >= 11 is 0. The molecule has 0 spiro atoms. The number of nitrogens with zero attached hydrogens (tertiary/aromatic N) is 2. The van der Waals surface area contributed by atoms with Gasteiger partial charge in [-0.1, -0.05) is 6.07 Å². The van der Waals surface area contributed by atoms with E-state index in [0.29, 0.717) is 18.5 Å². The number of pyridine rings is 1. The van der Waals surface area contributed by atoms with Gasteiger partial charge in [-0.05, 0) is 32.4 Å². The lowest BCUT2D eigenvalue weighted by atomic mass is 10.2. The van der Waals surface area contributed by atoms with Gasteiger partial charge < -0.3 is 15.0 Å². The summed E-state index contributed by atoms with van der Waals surface area (Å²) in [6.45, 7) is 4.78. The normalized spacial score (nSPS) is 19.3. The Bertz CT molecular complexity index is 350. The second-order valence-electron chi connectivity index (χ2n) is 4.44. The molecule has 1 unspecified atom stereocenters. The largest absolute Gasteiger partial charge is 0.478 e. The van der Waals surface area contributed by atoms with Crippen molar-refractivity contribution in [2.24, 2.45) is 0 Å². The van der Waals surface area contributed by atoms with Crippen molar-refractivity contribution in [2.75, 3.05) is 31.6 Å². The van der Waals surface area contributed by atoms with E-state index in [-0.39, 0.29) is 0 Å². The van der Waals surface area contributed by atoms with Crippen LogP contribution >= 0.6 is 0 Å². The lowest BCUT2D eigenvalue weighted by Crippen LogP contribution is -2.35. The van der Waals surface area contributed by atoms with Crippen LogP contribution in [0.1, 0.15) is 19.8 Å². The van der Waals surface area contributed by atoms with Crippen LogP contribution in [0.5, 0.6) is 5.88 Å². The molecule has 94 valence electrons. The lowest BCUT2D eigenvalue weighted by Gasteiger charge is -2.22. The first-order valence-corrected chi connectivity index (χ1v) is 6.34. The molecular formula is C13H21N3O. The summed E-state index contributed by atoms with van der Waals surface area (Å²) in [6.07, 6.45) is 2.54. The van der Waals surface area contributed by atoms with Crippen LogP contribution < -0.4 is 15.0 Å². The maximum atomic E-state index is 5.41. The van der Waals surface area contributed by atoms with Gasteiger partial charge >= 0.3 is 0 Å². The van der Waals surface area contributed by atoms with E-state index in [2.05, 4.69) is 22.2 Å². The van der Waals surface area contributed by atoms with Crippen LogP contribution in [0.2, 0.25) is 0 Å². The highest BCUT2D eigenvalue weighted by Gasteiger charge is 2.16. The van der Waals surface area contributed by atoms with E-state index >= 15 is 0 Å². The Hall–Kier alpha value is -1.29. The second-order valence-corrected chi connectivity index (χ2v) is 4.44. The number of hydrogen-bond acceptors (Lipinski definition) is 4. The third-order valence-corrected chi connectivity index (χ3v) is 3.05. The van der Waals surface area contributed by atoms with Gasteiger partial charge in [-0.3, -0.25) is 0 Å². The number of rotatable bonds is 5. The minimum Gasteiger partial charge on any atom is -0.478 e. The van der Waals surface area contributed by atoms with Gasteiger partial charge in [-0.25, -0.2) is 0 Å². The molecule has 2 rings (SSSR count). The van der Waals surface area contributed by atoms with Gasteiger partial charge in [-0.15, -0.1) is 0 Å². The molecule has 0 radical (unpaired) electrons. The van der Waals surface area contributed by atoms with Crippen LogP contribution in [-0.2, 0) is 0 Å². The summed E-state index contributed by atoms with van der Waals surface area (Å²) in [6, 6.07) is 6.51. The molecule has 1 aliphatic heterocycles. The van der Waals surface area contributed by atoms with Crippen LogP contribution in [0.3, 0.4) is 0 Å². The summed E-state index contributed by atoms with van der Waals surface area (Å²) in [7, 11) is 2.08. The Labute approximate surface area is 103 Å². The molecule has 1 fully saturated rings. The zero-order chi connectivity index (χ0) is 12.1. The molecule has 0 bridgehead atoms. The van der Waals surface area contributed by atoms with Crippen molar-refractivity contribution in [3.05, 3.63) is 18.2 Å². The van der Waals surface area contributed by atoms with Gasteiger partial charge in [0.15, 0.2) is 0 Å². The van der Waals surface area contributed by atoms with E-state index in [1.54, 1.807) is 0 Å². The first-order valence-electron chi connectivity index (χ1n) is 6.34. The molecule has 4 nitrogen and oxygen atoms in total. The number of anilines is 1. The molecule has 1 aromatic heterocycles. The first-order chi connectivity index (χ1) is 8.29. The summed E-state index contributed by atoms with van der Waals surface area (Å²) in [5.41, 5.74) is 0. The Morgan fingerprint density at radius 1 is 1.53 bits per heavy atom. The molecule has 2 heterocycles. The predicted octanol–water partition coefficient (Wildman–Crippen LogP) is 1.67. The molecule has 0 amide bonds. The molecule has 0 aromatic carbocycles. The average Bonchev–Trinajstić information content (AvgIpc) is 2.83. The Morgan fingerprint density at radius 2 is 2.41 bits per heavy atom. The fraction of sp³-hybridized carbons (Fsp3) is 0.615. The van der Waals surface area contributed by atoms with Gasteiger partial charge in [0.05, 0.1) is 6.61 Å². The molecule has 0 saturated carbocycles. The van der Waals surface area contributed by atoms with Crippen molar-refractivity contribution < 1.29 is 4.74 Å². The van der Waals surface area contributed by atoms with Crippen molar-refractivity contribution in [3.63, 3.8) is 0 Å². The topological polar surface area (TPSA) is 37.4 Å². The highest BCUT2D eigenvalue weighted by atomic mass is 16.5. The van der Waals surface area contributed by atoms with Gasteiger partial charge in [0, 0.05) is 25.7 Å². The molecule has 4 heteroatoms. The minimum atomic E-state index is 0.595. The van der Waals surface area contributed by atoms with E-state index in [0.717, 1.165) is 18.9 Å². The summed E-state index contributed by atoms with van der Waals surface area (Å²) in [4.78, 5) is 6.67. The van der Waals surface area contributed by atoms with Crippen molar-refractivity contribution >= 4 is 5.82 Å². The zero-order valence-corrected chi connectivity index (χ0v) is 10.6. The fourth-order valence-electron chi connectivity index (χ4n) is 2.18. The number of aromatic nitrogens is 1. The van der Waals surface area contributed by atoms with Crippen LogP contribution in [-0.4, -0.2) is 37.8 Å². The maximum absolute atomic E-state index is 5.41. The third-order valence-electron chi connectivity index (χ3n) is 3.05. The summed E-state index contributed by atoms with van der Waals surface area (Å²) in [5, 5.41) is 3.50. The van der Waals surface area contributed by atoms with Gasteiger partial charge in [0.2, 0.25) is 5.88 Å². The number of ether oxygens (including phenoxy) is 1. The molecule has 1 aliphatic rings. The highest BCUT2D eigenvalue weighted by Crippen LogP contribution is 2.16. The quantitative estimate of drug-likeness (QED) is 0.842. The number of nitrogens with one attached hydrogen (secondary N) is 1. The standard InChI is InChI=1S/C13H21N3O/c1-3-17-13-8-4-7-12(15-13)16(2)10-11-6-5-9-14-11/h4,7-8,11,14H,3,5-6,9-10H2,1-2H3. The number of likely N-dealkylation sites (N-methyl/N-ethyl adjacent to an activating group) is 1. The average molecular weight is 235 g/mol. The third kappa shape index (κ3) is 3.33. The van der Waals surface area contributed by atoms with Crippen LogP contribution in [0, 0.1) is 0 Å². The second kappa shape index (κ2) is 5.87. The molecule has 17 heavy (non-hydrogen) atoms. The monoisotopic (exact) mass is 235 g/mol. The van der Waals surface area contributed by atoms with E-state index in [9.17, 15) is 0 Å². The minimum absolute atomic E-state index is 0.595. The van der Waals surface area contributed by atoms with Gasteiger partial charge in [-0.2, -0.15) is 4.98 Å². The van der Waals surface area contributed by atoms with E-state index in [1.807, 2.05) is 25.1 Å². The first kappa shape index (κ1) is 12.2. The highest BCUT2D eigenvalue weighted by molar-refractivity contribution is 5.39. The molecule has 1 atom stereocenters. The smallest absolute Gasteiger partial charge is 0.215 e.